The fourth-order valence-corrected chi connectivity index (χ4v) is 2.07. The van der Waals surface area contributed by atoms with Gasteiger partial charge in [0.25, 0.3) is 5.91 Å². The fourth-order valence-electron chi connectivity index (χ4n) is 2.07. The summed E-state index contributed by atoms with van der Waals surface area (Å²) in [4.78, 5) is 13.9. The second kappa shape index (κ2) is 6.58. The molecule has 0 bridgehead atoms. The third kappa shape index (κ3) is 3.71. The molecule has 0 unspecified atom stereocenters. The van der Waals surface area contributed by atoms with Gasteiger partial charge in [-0.3, -0.25) is 9.69 Å². The molecule has 0 saturated carbocycles. The Kier molecular flexibility index (Phi) is 4.81. The van der Waals surface area contributed by atoms with Gasteiger partial charge in [0, 0.05) is 39.3 Å². The van der Waals surface area contributed by atoms with Crippen LogP contribution in [-0.4, -0.2) is 50.1 Å². The van der Waals surface area contributed by atoms with Crippen molar-refractivity contribution >= 4 is 5.91 Å². The van der Waals surface area contributed by atoms with Gasteiger partial charge in [-0.1, -0.05) is 6.07 Å². The Labute approximate surface area is 110 Å². The summed E-state index contributed by atoms with van der Waals surface area (Å²) in [5.41, 5.74) is -0.511. The highest BCUT2D eigenvalue weighted by Gasteiger charge is 2.17. The minimum Gasteiger partial charge on any atom is -0.351 e. The summed E-state index contributed by atoms with van der Waals surface area (Å²) in [5, 5.41) is 5.77. The van der Waals surface area contributed by atoms with E-state index in [1.54, 1.807) is 0 Å². The highest BCUT2D eigenvalue weighted by molar-refractivity contribution is 5.94. The number of piperazine rings is 1. The van der Waals surface area contributed by atoms with E-state index in [0.29, 0.717) is 13.1 Å². The molecule has 1 aromatic rings. The zero-order valence-electron chi connectivity index (χ0n) is 10.6. The van der Waals surface area contributed by atoms with Crippen LogP contribution in [-0.2, 0) is 0 Å². The van der Waals surface area contributed by atoms with Gasteiger partial charge in [-0.25, -0.2) is 8.78 Å². The Balaban J connectivity index is 1.84. The van der Waals surface area contributed by atoms with Crippen LogP contribution in [0.25, 0.3) is 0 Å². The van der Waals surface area contributed by atoms with Gasteiger partial charge in [0.1, 0.15) is 17.2 Å². The minimum atomic E-state index is -0.834. The molecule has 0 atom stereocenters. The molecule has 1 aromatic carbocycles. The molecule has 104 valence electrons. The first-order chi connectivity index (χ1) is 9.18. The number of hydrogen-bond acceptors (Lipinski definition) is 3. The van der Waals surface area contributed by atoms with Crippen LogP contribution in [0.5, 0.6) is 0 Å². The summed E-state index contributed by atoms with van der Waals surface area (Å²) in [6, 6.07) is 3.39. The predicted octanol–water partition coefficient (Wildman–Crippen LogP) is 0.600. The first-order valence-corrected chi connectivity index (χ1v) is 6.34. The molecule has 0 radical (unpaired) electrons. The molecule has 1 fully saturated rings. The molecule has 1 heterocycles. The van der Waals surface area contributed by atoms with E-state index >= 15 is 0 Å². The fraction of sp³-hybridized carbons (Fsp3) is 0.462. The number of nitrogens with one attached hydrogen (secondary N) is 2. The molecular weight excluding hydrogens is 252 g/mol. The maximum Gasteiger partial charge on any atom is 0.257 e. The van der Waals surface area contributed by atoms with Crippen LogP contribution < -0.4 is 10.6 Å². The molecule has 6 heteroatoms. The molecule has 19 heavy (non-hydrogen) atoms. The molecule has 4 nitrogen and oxygen atoms in total. The smallest absolute Gasteiger partial charge is 0.257 e. The largest absolute Gasteiger partial charge is 0.351 e. The van der Waals surface area contributed by atoms with Gasteiger partial charge in [0.2, 0.25) is 0 Å². The average Bonchev–Trinajstić information content (AvgIpc) is 2.40. The lowest BCUT2D eigenvalue weighted by molar-refractivity contribution is 0.0939. The van der Waals surface area contributed by atoms with E-state index in [1.807, 2.05) is 0 Å². The number of benzene rings is 1. The quantitative estimate of drug-likeness (QED) is 0.841. The summed E-state index contributed by atoms with van der Waals surface area (Å²) in [6.45, 7) is 4.76. The number of halogens is 2. The third-order valence-electron chi connectivity index (χ3n) is 3.11. The van der Waals surface area contributed by atoms with Crippen LogP contribution in [0.3, 0.4) is 0 Å². The lowest BCUT2D eigenvalue weighted by Crippen LogP contribution is -2.46. The van der Waals surface area contributed by atoms with Crippen molar-refractivity contribution in [1.29, 1.82) is 0 Å². The standard InChI is InChI=1S/C13H17F2N3O/c14-10-2-1-3-11(15)12(10)13(19)17-6-9-18-7-4-16-5-8-18/h1-3,16H,4-9H2,(H,17,19). The van der Waals surface area contributed by atoms with E-state index < -0.39 is 23.1 Å². The van der Waals surface area contributed by atoms with Gasteiger partial charge in [-0.05, 0) is 12.1 Å². The summed E-state index contributed by atoms with van der Waals surface area (Å²) in [6.07, 6.45) is 0. The van der Waals surface area contributed by atoms with Crippen molar-refractivity contribution in [3.63, 3.8) is 0 Å². The van der Waals surface area contributed by atoms with E-state index in [1.165, 1.54) is 6.07 Å². The van der Waals surface area contributed by atoms with Crippen LogP contribution in [0.2, 0.25) is 0 Å². The maximum atomic E-state index is 13.4. The Morgan fingerprint density at radius 3 is 2.53 bits per heavy atom. The van der Waals surface area contributed by atoms with E-state index in [0.717, 1.165) is 38.3 Å². The molecule has 0 spiro atoms. The summed E-state index contributed by atoms with van der Waals surface area (Å²) in [5.74, 6) is -2.37. The molecule has 1 amide bonds. The van der Waals surface area contributed by atoms with Gasteiger partial charge in [0.15, 0.2) is 0 Å². The van der Waals surface area contributed by atoms with Crippen molar-refractivity contribution in [3.8, 4) is 0 Å². The molecule has 2 rings (SSSR count). The number of carbonyl (C=O) groups is 1. The maximum absolute atomic E-state index is 13.4. The number of rotatable bonds is 4. The lowest BCUT2D eigenvalue weighted by Gasteiger charge is -2.27. The number of carbonyl (C=O) groups excluding carboxylic acids is 1. The van der Waals surface area contributed by atoms with E-state index in [2.05, 4.69) is 15.5 Å². The van der Waals surface area contributed by atoms with Crippen LogP contribution in [0.4, 0.5) is 8.78 Å². The highest BCUT2D eigenvalue weighted by atomic mass is 19.1. The molecule has 0 aliphatic carbocycles. The van der Waals surface area contributed by atoms with Gasteiger partial charge < -0.3 is 10.6 Å². The third-order valence-corrected chi connectivity index (χ3v) is 3.11. The SMILES string of the molecule is O=C(NCCN1CCNCC1)c1c(F)cccc1F. The molecule has 2 N–H and O–H groups in total. The van der Waals surface area contributed by atoms with Gasteiger partial charge in [0.05, 0.1) is 0 Å². The Bertz CT molecular complexity index is 427. The van der Waals surface area contributed by atoms with Crippen molar-refractivity contribution in [3.05, 3.63) is 35.4 Å². The van der Waals surface area contributed by atoms with Crippen LogP contribution >= 0.6 is 0 Å². The van der Waals surface area contributed by atoms with Crippen molar-refractivity contribution in [1.82, 2.24) is 15.5 Å². The predicted molar refractivity (Wildman–Crippen MR) is 68.0 cm³/mol. The monoisotopic (exact) mass is 269 g/mol. The van der Waals surface area contributed by atoms with Gasteiger partial charge >= 0.3 is 0 Å². The van der Waals surface area contributed by atoms with Crippen molar-refractivity contribution in [2.45, 2.75) is 0 Å². The van der Waals surface area contributed by atoms with E-state index in [-0.39, 0.29) is 0 Å². The first kappa shape index (κ1) is 13.9. The summed E-state index contributed by atoms with van der Waals surface area (Å²) >= 11 is 0. The van der Waals surface area contributed by atoms with Crippen molar-refractivity contribution in [2.75, 3.05) is 39.3 Å². The molecule has 1 aliphatic rings. The lowest BCUT2D eigenvalue weighted by atomic mass is 10.2. The minimum absolute atomic E-state index is 0.382. The Morgan fingerprint density at radius 1 is 1.26 bits per heavy atom. The summed E-state index contributed by atoms with van der Waals surface area (Å²) in [7, 11) is 0. The van der Waals surface area contributed by atoms with Gasteiger partial charge in [-0.2, -0.15) is 0 Å². The van der Waals surface area contributed by atoms with Crippen molar-refractivity contribution < 1.29 is 13.6 Å². The molecule has 1 saturated heterocycles. The van der Waals surface area contributed by atoms with Crippen molar-refractivity contribution in [2.24, 2.45) is 0 Å². The second-order valence-electron chi connectivity index (χ2n) is 4.44. The van der Waals surface area contributed by atoms with Crippen LogP contribution in [0.15, 0.2) is 18.2 Å². The normalized spacial score (nSPS) is 16.3. The zero-order valence-corrected chi connectivity index (χ0v) is 10.6. The summed E-state index contributed by atoms with van der Waals surface area (Å²) < 4.78 is 26.7. The highest BCUT2D eigenvalue weighted by Crippen LogP contribution is 2.11. The second-order valence-corrected chi connectivity index (χ2v) is 4.44. The molecular formula is C13H17F2N3O. The van der Waals surface area contributed by atoms with E-state index in [9.17, 15) is 13.6 Å². The Hall–Kier alpha value is -1.53. The number of nitrogens with zero attached hydrogens (tertiary/aromatic N) is 1. The van der Waals surface area contributed by atoms with E-state index in [4.69, 9.17) is 0 Å². The first-order valence-electron chi connectivity index (χ1n) is 6.34. The van der Waals surface area contributed by atoms with Crippen LogP contribution in [0.1, 0.15) is 10.4 Å². The molecule has 0 aromatic heterocycles. The number of hydrogen-bond donors (Lipinski definition) is 2. The molecule has 1 aliphatic heterocycles. The van der Waals surface area contributed by atoms with Gasteiger partial charge in [-0.15, -0.1) is 0 Å². The topological polar surface area (TPSA) is 44.4 Å². The Morgan fingerprint density at radius 2 is 1.89 bits per heavy atom. The van der Waals surface area contributed by atoms with Crippen LogP contribution in [0, 0.1) is 11.6 Å². The number of amides is 1. The average molecular weight is 269 g/mol. The zero-order chi connectivity index (χ0) is 13.7.